The van der Waals surface area contributed by atoms with Crippen molar-refractivity contribution < 1.29 is 0 Å². The Hall–Kier alpha value is -0.300. The van der Waals surface area contributed by atoms with Gasteiger partial charge < -0.3 is 5.73 Å². The Morgan fingerprint density at radius 3 is 2.67 bits per heavy atom. The van der Waals surface area contributed by atoms with Gasteiger partial charge in [0.1, 0.15) is 0 Å². The molecule has 15 heavy (non-hydrogen) atoms. The summed E-state index contributed by atoms with van der Waals surface area (Å²) in [5.74, 6) is 1.73. The number of hydrogen-bond acceptors (Lipinski definition) is 1. The minimum Gasteiger partial charge on any atom is -0.326 e. The fourth-order valence-electron chi connectivity index (χ4n) is 2.34. The Morgan fingerprint density at radius 2 is 2.20 bits per heavy atom. The highest BCUT2D eigenvalue weighted by molar-refractivity contribution is 5.03. The molecule has 88 valence electrons. The second kappa shape index (κ2) is 5.16. The SMILES string of the molecule is CC1=CCC(C(C)CCC(C)(C)N)CC1. The van der Waals surface area contributed by atoms with Gasteiger partial charge in [0.25, 0.3) is 0 Å². The average molecular weight is 209 g/mol. The molecule has 2 unspecified atom stereocenters. The van der Waals surface area contributed by atoms with Gasteiger partial charge in [-0.2, -0.15) is 0 Å². The van der Waals surface area contributed by atoms with Gasteiger partial charge in [-0.25, -0.2) is 0 Å². The fraction of sp³-hybridized carbons (Fsp3) is 0.857. The van der Waals surface area contributed by atoms with E-state index < -0.39 is 0 Å². The number of nitrogens with two attached hydrogens (primary N) is 1. The smallest absolute Gasteiger partial charge is 0.00971 e. The van der Waals surface area contributed by atoms with Gasteiger partial charge in [0.15, 0.2) is 0 Å². The van der Waals surface area contributed by atoms with Crippen LogP contribution in [0.2, 0.25) is 0 Å². The van der Waals surface area contributed by atoms with E-state index in [1.807, 2.05) is 0 Å². The Morgan fingerprint density at radius 1 is 1.53 bits per heavy atom. The first kappa shape index (κ1) is 12.8. The molecule has 0 radical (unpaired) electrons. The summed E-state index contributed by atoms with van der Waals surface area (Å²) in [6.45, 7) is 8.91. The third-order valence-corrected chi connectivity index (χ3v) is 3.73. The van der Waals surface area contributed by atoms with Crippen LogP contribution >= 0.6 is 0 Å². The zero-order valence-electron chi connectivity index (χ0n) is 10.8. The van der Waals surface area contributed by atoms with E-state index >= 15 is 0 Å². The van der Waals surface area contributed by atoms with Crippen LogP contribution in [-0.2, 0) is 0 Å². The summed E-state index contributed by atoms with van der Waals surface area (Å²) >= 11 is 0. The second-order valence-electron chi connectivity index (χ2n) is 6.09. The van der Waals surface area contributed by atoms with Crippen LogP contribution in [0.15, 0.2) is 11.6 Å². The summed E-state index contributed by atoms with van der Waals surface area (Å²) in [6, 6.07) is 0. The van der Waals surface area contributed by atoms with Crippen molar-refractivity contribution in [3.05, 3.63) is 11.6 Å². The molecule has 2 N–H and O–H groups in total. The van der Waals surface area contributed by atoms with Gasteiger partial charge >= 0.3 is 0 Å². The summed E-state index contributed by atoms with van der Waals surface area (Å²) < 4.78 is 0. The third-order valence-electron chi connectivity index (χ3n) is 3.73. The standard InChI is InChI=1S/C14H27N/c1-11-5-7-13(8-6-11)12(2)9-10-14(3,4)15/h5,12-13H,6-10,15H2,1-4H3. The first-order chi connectivity index (χ1) is 6.88. The van der Waals surface area contributed by atoms with Gasteiger partial charge in [0.2, 0.25) is 0 Å². The molecule has 1 aliphatic carbocycles. The molecule has 0 saturated carbocycles. The largest absolute Gasteiger partial charge is 0.326 e. The van der Waals surface area contributed by atoms with Crippen molar-refractivity contribution in [1.29, 1.82) is 0 Å². The quantitative estimate of drug-likeness (QED) is 0.698. The van der Waals surface area contributed by atoms with Gasteiger partial charge in [0, 0.05) is 5.54 Å². The molecular formula is C14H27N. The molecule has 0 spiro atoms. The van der Waals surface area contributed by atoms with Crippen LogP contribution in [0, 0.1) is 11.8 Å². The monoisotopic (exact) mass is 209 g/mol. The van der Waals surface area contributed by atoms with Gasteiger partial charge in [-0.3, -0.25) is 0 Å². The molecule has 1 heteroatoms. The van der Waals surface area contributed by atoms with Gasteiger partial charge in [-0.05, 0) is 64.7 Å². The van der Waals surface area contributed by atoms with E-state index in [9.17, 15) is 0 Å². The van der Waals surface area contributed by atoms with Crippen molar-refractivity contribution in [2.75, 3.05) is 0 Å². The zero-order chi connectivity index (χ0) is 11.5. The fourth-order valence-corrected chi connectivity index (χ4v) is 2.34. The maximum absolute atomic E-state index is 6.02. The van der Waals surface area contributed by atoms with E-state index in [1.165, 1.54) is 25.7 Å². The predicted molar refractivity (Wildman–Crippen MR) is 67.8 cm³/mol. The van der Waals surface area contributed by atoms with Gasteiger partial charge in [-0.1, -0.05) is 18.6 Å². The lowest BCUT2D eigenvalue weighted by Gasteiger charge is -2.29. The molecule has 2 atom stereocenters. The number of allylic oxidation sites excluding steroid dienone is 2. The topological polar surface area (TPSA) is 26.0 Å². The van der Waals surface area contributed by atoms with Crippen LogP contribution in [-0.4, -0.2) is 5.54 Å². The van der Waals surface area contributed by atoms with Crippen LogP contribution in [0.4, 0.5) is 0 Å². The van der Waals surface area contributed by atoms with Gasteiger partial charge in [0.05, 0.1) is 0 Å². The molecule has 0 saturated heterocycles. The van der Waals surface area contributed by atoms with Crippen molar-refractivity contribution >= 4 is 0 Å². The van der Waals surface area contributed by atoms with Crippen LogP contribution in [0.3, 0.4) is 0 Å². The first-order valence-electron chi connectivity index (χ1n) is 6.33. The highest BCUT2D eigenvalue weighted by Crippen LogP contribution is 2.32. The van der Waals surface area contributed by atoms with E-state index in [2.05, 4.69) is 33.8 Å². The second-order valence-corrected chi connectivity index (χ2v) is 6.09. The number of rotatable bonds is 4. The lowest BCUT2D eigenvalue weighted by atomic mass is 9.78. The third kappa shape index (κ3) is 4.83. The molecule has 0 aliphatic heterocycles. The highest BCUT2D eigenvalue weighted by atomic mass is 14.7. The molecule has 0 bridgehead atoms. The van der Waals surface area contributed by atoms with Crippen molar-refractivity contribution in [3.8, 4) is 0 Å². The Kier molecular flexibility index (Phi) is 4.39. The van der Waals surface area contributed by atoms with E-state index in [4.69, 9.17) is 5.73 Å². The van der Waals surface area contributed by atoms with E-state index in [0.717, 1.165) is 18.3 Å². The van der Waals surface area contributed by atoms with Crippen molar-refractivity contribution in [2.45, 2.75) is 65.3 Å². The van der Waals surface area contributed by atoms with Gasteiger partial charge in [-0.15, -0.1) is 0 Å². The highest BCUT2D eigenvalue weighted by Gasteiger charge is 2.21. The maximum Gasteiger partial charge on any atom is 0.00971 e. The Labute approximate surface area is 95.1 Å². The Bertz CT molecular complexity index is 222. The molecule has 1 nitrogen and oxygen atoms in total. The molecule has 0 aromatic rings. The summed E-state index contributed by atoms with van der Waals surface area (Å²) in [6.07, 6.45) is 8.83. The molecular weight excluding hydrogens is 182 g/mol. The van der Waals surface area contributed by atoms with Crippen LogP contribution in [0.1, 0.15) is 59.8 Å². The van der Waals surface area contributed by atoms with E-state index in [0.29, 0.717) is 0 Å². The van der Waals surface area contributed by atoms with Crippen LogP contribution in [0.5, 0.6) is 0 Å². The van der Waals surface area contributed by atoms with E-state index in [-0.39, 0.29) is 5.54 Å². The summed E-state index contributed by atoms with van der Waals surface area (Å²) in [7, 11) is 0. The van der Waals surface area contributed by atoms with Crippen LogP contribution in [0.25, 0.3) is 0 Å². The maximum atomic E-state index is 6.02. The molecule has 0 fully saturated rings. The number of hydrogen-bond donors (Lipinski definition) is 1. The molecule has 1 rings (SSSR count). The summed E-state index contributed by atoms with van der Waals surface area (Å²) in [5, 5.41) is 0. The minimum atomic E-state index is 0.00861. The first-order valence-corrected chi connectivity index (χ1v) is 6.33. The van der Waals surface area contributed by atoms with Crippen LogP contribution < -0.4 is 5.73 Å². The summed E-state index contributed by atoms with van der Waals surface area (Å²) in [5.41, 5.74) is 7.61. The molecule has 0 heterocycles. The predicted octanol–water partition coefficient (Wildman–Crippen LogP) is 3.89. The lowest BCUT2D eigenvalue weighted by Crippen LogP contribution is -2.32. The zero-order valence-corrected chi connectivity index (χ0v) is 10.8. The lowest BCUT2D eigenvalue weighted by molar-refractivity contribution is 0.283. The average Bonchev–Trinajstić information content (AvgIpc) is 2.14. The minimum absolute atomic E-state index is 0.00861. The molecule has 0 aromatic carbocycles. The normalized spacial score (nSPS) is 24.9. The van der Waals surface area contributed by atoms with Crippen molar-refractivity contribution in [2.24, 2.45) is 17.6 Å². The Balaban J connectivity index is 2.32. The van der Waals surface area contributed by atoms with E-state index in [1.54, 1.807) is 5.57 Å². The molecule has 0 aromatic heterocycles. The van der Waals surface area contributed by atoms with Crippen molar-refractivity contribution in [1.82, 2.24) is 0 Å². The molecule has 1 aliphatic rings. The van der Waals surface area contributed by atoms with Crippen molar-refractivity contribution in [3.63, 3.8) is 0 Å². The summed E-state index contributed by atoms with van der Waals surface area (Å²) in [4.78, 5) is 0. The molecule has 0 amide bonds.